The molecule has 2 aromatic rings. The molecule has 5 heteroatoms. The van der Waals surface area contributed by atoms with Crippen molar-refractivity contribution in [3.8, 4) is 11.5 Å². The lowest BCUT2D eigenvalue weighted by Crippen LogP contribution is -2.33. The summed E-state index contributed by atoms with van der Waals surface area (Å²) in [6.45, 7) is 5.23. The zero-order chi connectivity index (χ0) is 13.5. The molecule has 1 aromatic heterocycles. The van der Waals surface area contributed by atoms with Crippen molar-refractivity contribution in [1.29, 1.82) is 0 Å². The SMILES string of the molecule is CCC(C)(N)c1noc(-c2ccc3c(c2)COC3)n1. The summed E-state index contributed by atoms with van der Waals surface area (Å²) in [6.07, 6.45) is 0.754. The Kier molecular flexibility index (Phi) is 2.88. The number of nitrogens with zero attached hydrogens (tertiary/aromatic N) is 2. The summed E-state index contributed by atoms with van der Waals surface area (Å²) in [5.41, 5.74) is 8.88. The molecule has 0 aliphatic carbocycles. The van der Waals surface area contributed by atoms with Gasteiger partial charge < -0.3 is 15.0 Å². The van der Waals surface area contributed by atoms with Crippen LogP contribution in [0.4, 0.5) is 0 Å². The van der Waals surface area contributed by atoms with E-state index in [9.17, 15) is 0 Å². The first-order chi connectivity index (χ1) is 9.10. The van der Waals surface area contributed by atoms with Gasteiger partial charge in [0.25, 0.3) is 5.89 Å². The smallest absolute Gasteiger partial charge is 0.258 e. The third-order valence-electron chi connectivity index (χ3n) is 3.64. The first-order valence-electron chi connectivity index (χ1n) is 6.43. The van der Waals surface area contributed by atoms with E-state index in [0.29, 0.717) is 24.9 Å². The predicted octanol–water partition coefficient (Wildman–Crippen LogP) is 2.35. The number of benzene rings is 1. The van der Waals surface area contributed by atoms with E-state index in [-0.39, 0.29) is 0 Å². The van der Waals surface area contributed by atoms with E-state index in [1.165, 1.54) is 11.1 Å². The second-order valence-electron chi connectivity index (χ2n) is 5.17. The summed E-state index contributed by atoms with van der Waals surface area (Å²) in [6, 6.07) is 6.06. The van der Waals surface area contributed by atoms with Crippen LogP contribution in [0.1, 0.15) is 37.2 Å². The zero-order valence-corrected chi connectivity index (χ0v) is 11.1. The Balaban J connectivity index is 1.95. The minimum atomic E-state index is -0.554. The van der Waals surface area contributed by atoms with Gasteiger partial charge in [0, 0.05) is 5.56 Å². The van der Waals surface area contributed by atoms with E-state index >= 15 is 0 Å². The summed E-state index contributed by atoms with van der Waals surface area (Å²) in [4.78, 5) is 4.40. The molecule has 1 aliphatic heterocycles. The van der Waals surface area contributed by atoms with Gasteiger partial charge in [0.05, 0.1) is 18.8 Å². The highest BCUT2D eigenvalue weighted by Gasteiger charge is 2.26. The van der Waals surface area contributed by atoms with E-state index < -0.39 is 5.54 Å². The van der Waals surface area contributed by atoms with Crippen LogP contribution in [0.15, 0.2) is 22.7 Å². The summed E-state index contributed by atoms with van der Waals surface area (Å²) >= 11 is 0. The van der Waals surface area contributed by atoms with Gasteiger partial charge in [-0.25, -0.2) is 0 Å². The third kappa shape index (κ3) is 2.15. The van der Waals surface area contributed by atoms with Crippen molar-refractivity contribution in [2.24, 2.45) is 5.73 Å². The van der Waals surface area contributed by atoms with E-state index in [0.717, 1.165) is 12.0 Å². The number of ether oxygens (including phenoxy) is 1. The Morgan fingerprint density at radius 1 is 1.32 bits per heavy atom. The van der Waals surface area contributed by atoms with Crippen molar-refractivity contribution in [2.45, 2.75) is 39.0 Å². The van der Waals surface area contributed by atoms with Crippen LogP contribution in [0.25, 0.3) is 11.5 Å². The second-order valence-corrected chi connectivity index (χ2v) is 5.17. The van der Waals surface area contributed by atoms with Crippen molar-refractivity contribution in [3.05, 3.63) is 35.2 Å². The molecule has 0 saturated carbocycles. The van der Waals surface area contributed by atoms with Crippen LogP contribution in [-0.2, 0) is 23.5 Å². The van der Waals surface area contributed by atoms with Gasteiger partial charge in [-0.15, -0.1) is 0 Å². The Morgan fingerprint density at radius 3 is 2.89 bits per heavy atom. The molecule has 0 bridgehead atoms. The Morgan fingerprint density at radius 2 is 2.11 bits per heavy atom. The topological polar surface area (TPSA) is 74.2 Å². The van der Waals surface area contributed by atoms with Crippen LogP contribution >= 0.6 is 0 Å². The molecule has 0 saturated heterocycles. The summed E-state index contributed by atoms with van der Waals surface area (Å²) in [5, 5.41) is 3.99. The van der Waals surface area contributed by atoms with E-state index in [2.05, 4.69) is 10.1 Å². The minimum Gasteiger partial charge on any atom is -0.372 e. The molecule has 2 heterocycles. The van der Waals surface area contributed by atoms with Crippen molar-refractivity contribution >= 4 is 0 Å². The van der Waals surface area contributed by atoms with Gasteiger partial charge in [0.15, 0.2) is 5.82 Å². The second kappa shape index (κ2) is 4.43. The van der Waals surface area contributed by atoms with Crippen LogP contribution in [0.5, 0.6) is 0 Å². The average molecular weight is 259 g/mol. The number of nitrogens with two attached hydrogens (primary N) is 1. The summed E-state index contributed by atoms with van der Waals surface area (Å²) < 4.78 is 10.7. The van der Waals surface area contributed by atoms with Gasteiger partial charge in [-0.1, -0.05) is 18.1 Å². The molecule has 2 N–H and O–H groups in total. The first-order valence-corrected chi connectivity index (χ1v) is 6.43. The van der Waals surface area contributed by atoms with Crippen molar-refractivity contribution in [2.75, 3.05) is 0 Å². The normalized spacial score (nSPS) is 17.2. The molecule has 0 radical (unpaired) electrons. The summed E-state index contributed by atoms with van der Waals surface area (Å²) in [7, 11) is 0. The quantitative estimate of drug-likeness (QED) is 0.915. The molecule has 0 spiro atoms. The van der Waals surface area contributed by atoms with E-state index in [4.69, 9.17) is 15.0 Å². The van der Waals surface area contributed by atoms with Gasteiger partial charge in [0.1, 0.15) is 0 Å². The van der Waals surface area contributed by atoms with Gasteiger partial charge in [0.2, 0.25) is 0 Å². The van der Waals surface area contributed by atoms with Gasteiger partial charge in [-0.05, 0) is 36.6 Å². The van der Waals surface area contributed by atoms with Gasteiger partial charge in [-0.2, -0.15) is 4.98 Å². The molecule has 19 heavy (non-hydrogen) atoms. The number of hydrogen-bond donors (Lipinski definition) is 1. The highest BCUT2D eigenvalue weighted by molar-refractivity contribution is 5.56. The number of aromatic nitrogens is 2. The van der Waals surface area contributed by atoms with Crippen LogP contribution in [0.3, 0.4) is 0 Å². The van der Waals surface area contributed by atoms with Crippen molar-refractivity contribution in [1.82, 2.24) is 10.1 Å². The predicted molar refractivity (Wildman–Crippen MR) is 70.1 cm³/mol. The molecule has 100 valence electrons. The fourth-order valence-electron chi connectivity index (χ4n) is 2.04. The molecule has 5 nitrogen and oxygen atoms in total. The number of rotatable bonds is 3. The maximum atomic E-state index is 6.11. The number of hydrogen-bond acceptors (Lipinski definition) is 5. The molecule has 1 atom stereocenters. The molecular weight excluding hydrogens is 242 g/mol. The van der Waals surface area contributed by atoms with Crippen LogP contribution in [0, 0.1) is 0 Å². The molecule has 0 amide bonds. The van der Waals surface area contributed by atoms with Crippen molar-refractivity contribution < 1.29 is 9.26 Å². The highest BCUT2D eigenvalue weighted by atomic mass is 16.5. The van der Waals surface area contributed by atoms with Crippen LogP contribution in [-0.4, -0.2) is 10.1 Å². The maximum absolute atomic E-state index is 6.11. The summed E-state index contributed by atoms with van der Waals surface area (Å²) in [5.74, 6) is 1.05. The van der Waals surface area contributed by atoms with Crippen LogP contribution in [0.2, 0.25) is 0 Å². The Hall–Kier alpha value is -1.72. The standard InChI is InChI=1S/C14H17N3O2/c1-3-14(2,15)13-16-12(19-17-13)9-4-5-10-7-18-8-11(10)6-9/h4-6H,3,7-8,15H2,1-2H3. The van der Waals surface area contributed by atoms with Gasteiger partial charge >= 0.3 is 0 Å². The molecule has 1 unspecified atom stereocenters. The largest absolute Gasteiger partial charge is 0.372 e. The Bertz CT molecular complexity index is 604. The average Bonchev–Trinajstić information content (AvgIpc) is 3.06. The molecule has 0 fully saturated rings. The molecular formula is C14H17N3O2. The zero-order valence-electron chi connectivity index (χ0n) is 11.1. The Labute approximate surface area is 111 Å². The first kappa shape index (κ1) is 12.3. The van der Waals surface area contributed by atoms with Crippen molar-refractivity contribution in [3.63, 3.8) is 0 Å². The van der Waals surface area contributed by atoms with Gasteiger partial charge in [-0.3, -0.25) is 0 Å². The lowest BCUT2D eigenvalue weighted by atomic mass is 10.00. The monoisotopic (exact) mass is 259 g/mol. The fraction of sp³-hybridized carbons (Fsp3) is 0.429. The van der Waals surface area contributed by atoms with E-state index in [1.807, 2.05) is 32.0 Å². The van der Waals surface area contributed by atoms with Crippen LogP contribution < -0.4 is 5.73 Å². The maximum Gasteiger partial charge on any atom is 0.258 e. The minimum absolute atomic E-state index is 0.509. The lowest BCUT2D eigenvalue weighted by molar-refractivity contribution is 0.134. The molecule has 3 rings (SSSR count). The molecule has 1 aromatic carbocycles. The highest BCUT2D eigenvalue weighted by Crippen LogP contribution is 2.27. The van der Waals surface area contributed by atoms with E-state index in [1.54, 1.807) is 0 Å². The third-order valence-corrected chi connectivity index (χ3v) is 3.64. The fourth-order valence-corrected chi connectivity index (χ4v) is 2.04. The molecule has 1 aliphatic rings. The lowest BCUT2D eigenvalue weighted by Gasteiger charge is -2.16. The number of fused-ring (bicyclic) bond motifs is 1.